The van der Waals surface area contributed by atoms with Crippen LogP contribution in [0.4, 0.5) is 0 Å². The normalized spacial score (nSPS) is 20.3. The minimum Gasteiger partial charge on any atom is -0.493 e. The highest BCUT2D eigenvalue weighted by Gasteiger charge is 2.22. The van der Waals surface area contributed by atoms with Gasteiger partial charge in [0, 0.05) is 17.1 Å². The Kier molecular flexibility index (Phi) is 5.07. The molecule has 2 atom stereocenters. The topological polar surface area (TPSA) is 53.7 Å². The number of nitrogens with two attached hydrogens (primary N) is 1. The number of rotatable bonds is 5. The van der Waals surface area contributed by atoms with E-state index in [0.29, 0.717) is 11.5 Å². The lowest BCUT2D eigenvalue weighted by Crippen LogP contribution is -2.18. The van der Waals surface area contributed by atoms with Crippen LogP contribution in [0, 0.1) is 0 Å². The third-order valence-corrected chi connectivity index (χ3v) is 4.13. The Morgan fingerprint density at radius 2 is 2.05 bits per heavy atom. The molecule has 1 saturated heterocycles. The van der Waals surface area contributed by atoms with Crippen LogP contribution in [-0.2, 0) is 4.74 Å². The number of hydrogen-bond acceptors (Lipinski definition) is 4. The Bertz CT molecular complexity index is 433. The highest BCUT2D eigenvalue weighted by molar-refractivity contribution is 9.10. The summed E-state index contributed by atoms with van der Waals surface area (Å²) in [6, 6.07) is 3.75. The van der Waals surface area contributed by atoms with E-state index in [4.69, 9.17) is 19.9 Å². The highest BCUT2D eigenvalue weighted by atomic mass is 79.9. The first-order chi connectivity index (χ1) is 9.15. The number of methoxy groups -OCH3 is 2. The molecule has 0 amide bonds. The molecule has 1 fully saturated rings. The summed E-state index contributed by atoms with van der Waals surface area (Å²) >= 11 is 3.54. The van der Waals surface area contributed by atoms with Crippen LogP contribution in [0.15, 0.2) is 16.6 Å². The van der Waals surface area contributed by atoms with Gasteiger partial charge in [-0.1, -0.05) is 15.9 Å². The number of halogens is 1. The molecule has 2 unspecified atom stereocenters. The molecule has 5 heteroatoms. The monoisotopic (exact) mass is 329 g/mol. The lowest BCUT2D eigenvalue weighted by atomic mass is 9.99. The van der Waals surface area contributed by atoms with Gasteiger partial charge in [-0.25, -0.2) is 0 Å². The van der Waals surface area contributed by atoms with E-state index in [0.717, 1.165) is 35.9 Å². The summed E-state index contributed by atoms with van der Waals surface area (Å²) in [5.74, 6) is 1.39. The van der Waals surface area contributed by atoms with Gasteiger partial charge in [-0.05, 0) is 37.0 Å². The van der Waals surface area contributed by atoms with Gasteiger partial charge in [0.25, 0.3) is 0 Å². The minimum atomic E-state index is -0.0720. The van der Waals surface area contributed by atoms with Crippen LogP contribution in [0.25, 0.3) is 0 Å². The smallest absolute Gasteiger partial charge is 0.161 e. The summed E-state index contributed by atoms with van der Waals surface area (Å²) in [4.78, 5) is 0. The maximum absolute atomic E-state index is 6.28. The summed E-state index contributed by atoms with van der Waals surface area (Å²) in [5.41, 5.74) is 7.31. The molecule has 1 heterocycles. The zero-order valence-corrected chi connectivity index (χ0v) is 12.9. The molecule has 1 aliphatic heterocycles. The quantitative estimate of drug-likeness (QED) is 0.902. The van der Waals surface area contributed by atoms with Crippen LogP contribution in [0.2, 0.25) is 0 Å². The van der Waals surface area contributed by atoms with Crippen LogP contribution < -0.4 is 15.2 Å². The fourth-order valence-corrected chi connectivity index (χ4v) is 3.01. The summed E-state index contributed by atoms with van der Waals surface area (Å²) in [7, 11) is 3.25. The molecule has 0 radical (unpaired) electrons. The predicted molar refractivity (Wildman–Crippen MR) is 77.8 cm³/mol. The van der Waals surface area contributed by atoms with E-state index in [1.165, 1.54) is 0 Å². The predicted octanol–water partition coefficient (Wildman–Crippen LogP) is 3.04. The molecular weight excluding hydrogens is 310 g/mol. The molecule has 106 valence electrons. The third-order valence-electron chi connectivity index (χ3n) is 3.44. The molecule has 2 rings (SSSR count). The lowest BCUT2D eigenvalue weighted by Gasteiger charge is -2.19. The van der Waals surface area contributed by atoms with Crippen molar-refractivity contribution in [2.45, 2.75) is 31.4 Å². The molecule has 0 bridgehead atoms. The third kappa shape index (κ3) is 3.41. The molecule has 19 heavy (non-hydrogen) atoms. The number of hydrogen-bond donors (Lipinski definition) is 1. The van der Waals surface area contributed by atoms with Crippen molar-refractivity contribution in [3.63, 3.8) is 0 Å². The largest absolute Gasteiger partial charge is 0.493 e. The first-order valence-electron chi connectivity index (χ1n) is 6.44. The number of benzene rings is 1. The van der Waals surface area contributed by atoms with E-state index in [2.05, 4.69) is 15.9 Å². The second kappa shape index (κ2) is 6.59. The summed E-state index contributed by atoms with van der Waals surface area (Å²) in [5, 5.41) is 0. The van der Waals surface area contributed by atoms with Gasteiger partial charge in [0.2, 0.25) is 0 Å². The van der Waals surface area contributed by atoms with Gasteiger partial charge in [-0.15, -0.1) is 0 Å². The summed E-state index contributed by atoms with van der Waals surface area (Å²) in [6.45, 7) is 0.852. The molecule has 4 nitrogen and oxygen atoms in total. The van der Waals surface area contributed by atoms with Gasteiger partial charge < -0.3 is 19.9 Å². The van der Waals surface area contributed by atoms with Crippen molar-refractivity contribution < 1.29 is 14.2 Å². The maximum atomic E-state index is 6.28. The van der Waals surface area contributed by atoms with Crippen LogP contribution in [0.5, 0.6) is 11.5 Å². The zero-order valence-electron chi connectivity index (χ0n) is 11.3. The van der Waals surface area contributed by atoms with E-state index < -0.39 is 0 Å². The molecule has 2 N–H and O–H groups in total. The van der Waals surface area contributed by atoms with E-state index >= 15 is 0 Å². The van der Waals surface area contributed by atoms with E-state index in [-0.39, 0.29) is 12.1 Å². The average Bonchev–Trinajstić information content (AvgIpc) is 2.90. The van der Waals surface area contributed by atoms with Gasteiger partial charge in [0.15, 0.2) is 11.5 Å². The van der Waals surface area contributed by atoms with Crippen LogP contribution in [-0.4, -0.2) is 26.9 Å². The Morgan fingerprint density at radius 3 is 2.63 bits per heavy atom. The van der Waals surface area contributed by atoms with Gasteiger partial charge in [0.1, 0.15) is 0 Å². The molecule has 0 aliphatic carbocycles. The molecule has 1 aliphatic rings. The Labute approximate surface area is 122 Å². The molecular formula is C14H20BrNO3. The second-order valence-electron chi connectivity index (χ2n) is 4.71. The Balaban J connectivity index is 2.17. The van der Waals surface area contributed by atoms with Crippen molar-refractivity contribution in [1.82, 2.24) is 0 Å². The fraction of sp³-hybridized carbons (Fsp3) is 0.571. The fourth-order valence-electron chi connectivity index (χ4n) is 2.39. The SMILES string of the molecule is COc1cc(Br)c(C(N)CC2CCCO2)cc1OC. The van der Waals surface area contributed by atoms with Crippen LogP contribution >= 0.6 is 15.9 Å². The van der Waals surface area contributed by atoms with Crippen molar-refractivity contribution >= 4 is 15.9 Å². The number of ether oxygens (including phenoxy) is 3. The standard InChI is InChI=1S/C14H20BrNO3/c1-17-13-7-10(11(15)8-14(13)18-2)12(16)6-9-4-3-5-19-9/h7-9,12H,3-6,16H2,1-2H3. The van der Waals surface area contributed by atoms with Crippen molar-refractivity contribution in [2.24, 2.45) is 5.73 Å². The van der Waals surface area contributed by atoms with Gasteiger partial charge in [-0.3, -0.25) is 0 Å². The lowest BCUT2D eigenvalue weighted by molar-refractivity contribution is 0.0982. The summed E-state index contributed by atoms with van der Waals surface area (Å²) < 4.78 is 17.2. The molecule has 0 aromatic heterocycles. The van der Waals surface area contributed by atoms with E-state index in [1.54, 1.807) is 14.2 Å². The first-order valence-corrected chi connectivity index (χ1v) is 7.23. The zero-order chi connectivity index (χ0) is 13.8. The molecule has 1 aromatic carbocycles. The maximum Gasteiger partial charge on any atom is 0.161 e. The molecule has 0 spiro atoms. The minimum absolute atomic E-state index is 0.0720. The average molecular weight is 330 g/mol. The highest BCUT2D eigenvalue weighted by Crippen LogP contribution is 2.37. The van der Waals surface area contributed by atoms with Crippen LogP contribution in [0.1, 0.15) is 30.9 Å². The summed E-state index contributed by atoms with van der Waals surface area (Å²) in [6.07, 6.45) is 3.33. The van der Waals surface area contributed by atoms with Gasteiger partial charge >= 0.3 is 0 Å². The van der Waals surface area contributed by atoms with E-state index in [1.807, 2.05) is 12.1 Å². The van der Waals surface area contributed by atoms with Crippen molar-refractivity contribution in [2.75, 3.05) is 20.8 Å². The van der Waals surface area contributed by atoms with Gasteiger partial charge in [0.05, 0.1) is 20.3 Å². The Morgan fingerprint density at radius 1 is 1.37 bits per heavy atom. The molecule has 1 aromatic rings. The van der Waals surface area contributed by atoms with Gasteiger partial charge in [-0.2, -0.15) is 0 Å². The Hall–Kier alpha value is -0.780. The molecule has 0 saturated carbocycles. The van der Waals surface area contributed by atoms with Crippen LogP contribution in [0.3, 0.4) is 0 Å². The van der Waals surface area contributed by atoms with E-state index in [9.17, 15) is 0 Å². The van der Waals surface area contributed by atoms with Crippen molar-refractivity contribution in [3.05, 3.63) is 22.2 Å². The first kappa shape index (κ1) is 14.6. The van der Waals surface area contributed by atoms with Crippen molar-refractivity contribution in [1.29, 1.82) is 0 Å². The van der Waals surface area contributed by atoms with Crippen molar-refractivity contribution in [3.8, 4) is 11.5 Å². The second-order valence-corrected chi connectivity index (χ2v) is 5.56.